The Morgan fingerprint density at radius 2 is 1.79 bits per heavy atom. The number of piperazine rings is 1. The number of benzene rings is 2. The van der Waals surface area contributed by atoms with Crippen molar-refractivity contribution in [2.24, 2.45) is 0 Å². The van der Waals surface area contributed by atoms with Gasteiger partial charge in [0.1, 0.15) is 0 Å². The van der Waals surface area contributed by atoms with E-state index in [0.717, 1.165) is 61.7 Å². The predicted octanol–water partition coefficient (Wildman–Crippen LogP) is 4.70. The predicted molar refractivity (Wildman–Crippen MR) is 120 cm³/mol. The van der Waals surface area contributed by atoms with E-state index in [9.17, 15) is 4.79 Å². The second-order valence-corrected chi connectivity index (χ2v) is 9.13. The maximum absolute atomic E-state index is 13.0. The molecule has 0 bridgehead atoms. The Hall–Kier alpha value is -2.40. The standard InChI is InChI=1S/C24H27N3OS/c1-2-17-7-10-21-22(15-17)29-24(25-21)27-13-11-26(12-14-27)23(28)20-9-8-18-5-3-4-6-19(18)16-20/h7-10,15-16H,2-6,11-14H2,1H3. The minimum absolute atomic E-state index is 0.176. The highest BCUT2D eigenvalue weighted by molar-refractivity contribution is 7.22. The maximum atomic E-state index is 13.0. The van der Waals surface area contributed by atoms with Crippen LogP contribution in [0.25, 0.3) is 10.2 Å². The second kappa shape index (κ2) is 7.79. The highest BCUT2D eigenvalue weighted by atomic mass is 32.1. The Labute approximate surface area is 176 Å². The third-order valence-corrected chi connectivity index (χ3v) is 7.36. The van der Waals surface area contributed by atoms with E-state index in [2.05, 4.69) is 42.2 Å². The first kappa shape index (κ1) is 18.6. The summed E-state index contributed by atoms with van der Waals surface area (Å²) >= 11 is 1.77. The first-order valence-electron chi connectivity index (χ1n) is 10.8. The fraction of sp³-hybridized carbons (Fsp3) is 0.417. The molecular formula is C24H27N3OS. The van der Waals surface area contributed by atoms with Gasteiger partial charge in [-0.2, -0.15) is 0 Å². The van der Waals surface area contributed by atoms with Crippen molar-refractivity contribution in [3.8, 4) is 0 Å². The molecule has 150 valence electrons. The molecule has 2 aliphatic rings. The van der Waals surface area contributed by atoms with E-state index in [1.54, 1.807) is 11.3 Å². The summed E-state index contributed by atoms with van der Waals surface area (Å²) in [6, 6.07) is 12.9. The molecule has 0 unspecified atom stereocenters. The fourth-order valence-corrected chi connectivity index (χ4v) is 5.54. The lowest BCUT2D eigenvalue weighted by Crippen LogP contribution is -2.48. The van der Waals surface area contributed by atoms with Gasteiger partial charge in [0.05, 0.1) is 10.2 Å². The Morgan fingerprint density at radius 3 is 2.59 bits per heavy atom. The monoisotopic (exact) mass is 405 g/mol. The minimum Gasteiger partial charge on any atom is -0.345 e. The number of hydrogen-bond acceptors (Lipinski definition) is 4. The summed E-state index contributed by atoms with van der Waals surface area (Å²) in [5.41, 5.74) is 6.09. The van der Waals surface area contributed by atoms with Crippen LogP contribution < -0.4 is 4.90 Å². The quantitative estimate of drug-likeness (QED) is 0.634. The van der Waals surface area contributed by atoms with Gasteiger partial charge in [0.2, 0.25) is 0 Å². The number of aromatic nitrogens is 1. The number of carbonyl (C=O) groups excluding carboxylic acids is 1. The number of nitrogens with zero attached hydrogens (tertiary/aromatic N) is 3. The van der Waals surface area contributed by atoms with Crippen molar-refractivity contribution in [1.29, 1.82) is 0 Å². The van der Waals surface area contributed by atoms with E-state index in [1.807, 2.05) is 11.0 Å². The summed E-state index contributed by atoms with van der Waals surface area (Å²) in [4.78, 5) is 22.2. The molecule has 1 saturated heterocycles. The molecule has 5 heteroatoms. The zero-order valence-electron chi connectivity index (χ0n) is 17.0. The van der Waals surface area contributed by atoms with E-state index in [-0.39, 0.29) is 5.91 Å². The molecular weight excluding hydrogens is 378 g/mol. The molecule has 4 nitrogen and oxygen atoms in total. The topological polar surface area (TPSA) is 36.4 Å². The van der Waals surface area contributed by atoms with Crippen LogP contribution in [0.15, 0.2) is 36.4 Å². The van der Waals surface area contributed by atoms with Gasteiger partial charge in [0.25, 0.3) is 5.91 Å². The smallest absolute Gasteiger partial charge is 0.253 e. The van der Waals surface area contributed by atoms with Crippen molar-refractivity contribution in [3.05, 3.63) is 58.7 Å². The third-order valence-electron chi connectivity index (χ3n) is 6.28. The van der Waals surface area contributed by atoms with Crippen molar-refractivity contribution in [3.63, 3.8) is 0 Å². The van der Waals surface area contributed by atoms with Gasteiger partial charge in [-0.15, -0.1) is 0 Å². The molecule has 3 aromatic rings. The van der Waals surface area contributed by atoms with Crippen molar-refractivity contribution in [2.45, 2.75) is 39.0 Å². The van der Waals surface area contributed by atoms with E-state index in [4.69, 9.17) is 4.98 Å². The molecule has 2 aromatic carbocycles. The minimum atomic E-state index is 0.176. The zero-order valence-corrected chi connectivity index (χ0v) is 17.8. The highest BCUT2D eigenvalue weighted by Crippen LogP contribution is 2.30. The van der Waals surface area contributed by atoms with Crippen molar-refractivity contribution in [2.75, 3.05) is 31.1 Å². The number of anilines is 1. The third kappa shape index (κ3) is 3.64. The molecule has 2 heterocycles. The fourth-order valence-electron chi connectivity index (χ4n) is 4.46. The van der Waals surface area contributed by atoms with E-state index in [1.165, 1.54) is 34.2 Å². The van der Waals surface area contributed by atoms with Crippen molar-refractivity contribution >= 4 is 32.6 Å². The largest absolute Gasteiger partial charge is 0.345 e. The summed E-state index contributed by atoms with van der Waals surface area (Å²) in [5.74, 6) is 0.176. The van der Waals surface area contributed by atoms with Crippen LogP contribution in [0.4, 0.5) is 5.13 Å². The second-order valence-electron chi connectivity index (χ2n) is 8.12. The molecule has 1 aliphatic heterocycles. The number of carbonyl (C=O) groups is 1. The van der Waals surface area contributed by atoms with E-state index >= 15 is 0 Å². The van der Waals surface area contributed by atoms with Crippen LogP contribution in [0, 0.1) is 0 Å². The average Bonchev–Trinajstić information content (AvgIpc) is 3.21. The highest BCUT2D eigenvalue weighted by Gasteiger charge is 2.24. The van der Waals surface area contributed by atoms with Gasteiger partial charge in [0, 0.05) is 31.7 Å². The van der Waals surface area contributed by atoms with Gasteiger partial charge < -0.3 is 9.80 Å². The summed E-state index contributed by atoms with van der Waals surface area (Å²) in [6.45, 7) is 5.38. The van der Waals surface area contributed by atoms with Crippen LogP contribution in [-0.4, -0.2) is 42.0 Å². The van der Waals surface area contributed by atoms with Gasteiger partial charge in [0.15, 0.2) is 5.13 Å². The number of fused-ring (bicyclic) bond motifs is 2. The van der Waals surface area contributed by atoms with Crippen LogP contribution in [0.2, 0.25) is 0 Å². The molecule has 1 amide bonds. The number of amides is 1. The molecule has 0 saturated carbocycles. The van der Waals surface area contributed by atoms with Crippen LogP contribution in [0.5, 0.6) is 0 Å². The first-order valence-corrected chi connectivity index (χ1v) is 11.6. The van der Waals surface area contributed by atoms with E-state index < -0.39 is 0 Å². The molecule has 0 spiro atoms. The van der Waals surface area contributed by atoms with Crippen molar-refractivity contribution < 1.29 is 4.79 Å². The first-order chi connectivity index (χ1) is 14.2. The summed E-state index contributed by atoms with van der Waals surface area (Å²) in [7, 11) is 0. The molecule has 1 aliphatic carbocycles. The molecule has 1 fully saturated rings. The van der Waals surface area contributed by atoms with Gasteiger partial charge in [-0.1, -0.05) is 30.4 Å². The maximum Gasteiger partial charge on any atom is 0.253 e. The van der Waals surface area contributed by atoms with Gasteiger partial charge in [-0.05, 0) is 73.1 Å². The number of thiazole rings is 1. The normalized spacial score (nSPS) is 16.9. The Balaban J connectivity index is 1.27. The molecule has 0 radical (unpaired) electrons. The summed E-state index contributed by atoms with van der Waals surface area (Å²) in [5, 5.41) is 1.08. The summed E-state index contributed by atoms with van der Waals surface area (Å²) < 4.78 is 1.26. The Morgan fingerprint density at radius 1 is 1.00 bits per heavy atom. The SMILES string of the molecule is CCc1ccc2nc(N3CCN(C(=O)c4ccc5c(c4)CCCC5)CC3)sc2c1. The zero-order chi connectivity index (χ0) is 19.8. The molecule has 1 aromatic heterocycles. The van der Waals surface area contributed by atoms with E-state index in [0.29, 0.717) is 0 Å². The van der Waals surface area contributed by atoms with Gasteiger partial charge >= 0.3 is 0 Å². The van der Waals surface area contributed by atoms with Gasteiger partial charge in [-0.25, -0.2) is 4.98 Å². The van der Waals surface area contributed by atoms with Crippen LogP contribution >= 0.6 is 11.3 Å². The van der Waals surface area contributed by atoms with Crippen molar-refractivity contribution in [1.82, 2.24) is 9.88 Å². The molecule has 0 atom stereocenters. The van der Waals surface area contributed by atoms with Gasteiger partial charge in [-0.3, -0.25) is 4.79 Å². The number of aryl methyl sites for hydroxylation is 3. The summed E-state index contributed by atoms with van der Waals surface area (Å²) in [6.07, 6.45) is 5.83. The Bertz CT molecular complexity index is 1050. The molecule has 0 N–H and O–H groups in total. The average molecular weight is 406 g/mol. The number of rotatable bonds is 3. The lowest BCUT2D eigenvalue weighted by Gasteiger charge is -2.34. The molecule has 29 heavy (non-hydrogen) atoms. The van der Waals surface area contributed by atoms with Crippen LogP contribution in [0.1, 0.15) is 46.8 Å². The molecule has 5 rings (SSSR count). The Kier molecular flexibility index (Phi) is 5.00. The number of hydrogen-bond donors (Lipinski definition) is 0. The lowest BCUT2D eigenvalue weighted by atomic mass is 9.90. The van der Waals surface area contributed by atoms with Crippen LogP contribution in [0.3, 0.4) is 0 Å². The van der Waals surface area contributed by atoms with Crippen LogP contribution in [-0.2, 0) is 19.3 Å². The lowest BCUT2D eigenvalue weighted by molar-refractivity contribution is 0.0746.